The second kappa shape index (κ2) is 4.93. The van der Waals surface area contributed by atoms with E-state index in [1.165, 1.54) is 0 Å². The average molecular weight is 279 g/mol. The van der Waals surface area contributed by atoms with E-state index in [1.807, 2.05) is 31.0 Å². The summed E-state index contributed by atoms with van der Waals surface area (Å²) in [5.74, 6) is 0. The van der Waals surface area contributed by atoms with Gasteiger partial charge >= 0.3 is 0 Å². The molecule has 0 spiro atoms. The van der Waals surface area contributed by atoms with E-state index >= 15 is 0 Å². The minimum Gasteiger partial charge on any atom is -0.327 e. The molecule has 1 aliphatic rings. The topological polar surface area (TPSA) is 87.4 Å². The SMILES string of the molecule is CC(N)C(Sc1nnnn1C1CC1)c1cnn(C)c1. The maximum atomic E-state index is 6.10. The molecule has 1 aliphatic carbocycles. The van der Waals surface area contributed by atoms with Gasteiger partial charge in [-0.1, -0.05) is 11.8 Å². The van der Waals surface area contributed by atoms with Gasteiger partial charge in [-0.15, -0.1) is 5.10 Å². The zero-order valence-electron chi connectivity index (χ0n) is 11.0. The average Bonchev–Trinajstić information content (AvgIpc) is 2.95. The van der Waals surface area contributed by atoms with E-state index in [1.54, 1.807) is 16.4 Å². The highest BCUT2D eigenvalue weighted by Gasteiger charge is 2.30. The van der Waals surface area contributed by atoms with Gasteiger partial charge in [0.2, 0.25) is 5.16 Å². The number of rotatable bonds is 5. The lowest BCUT2D eigenvalue weighted by Gasteiger charge is -2.18. The Morgan fingerprint density at radius 3 is 2.84 bits per heavy atom. The molecule has 2 aromatic heterocycles. The first-order chi connectivity index (χ1) is 9.15. The van der Waals surface area contributed by atoms with Crippen LogP contribution in [0.15, 0.2) is 17.6 Å². The summed E-state index contributed by atoms with van der Waals surface area (Å²) in [4.78, 5) is 0. The highest BCUT2D eigenvalue weighted by atomic mass is 32.2. The van der Waals surface area contributed by atoms with Crippen LogP contribution in [-0.4, -0.2) is 36.0 Å². The number of thioether (sulfide) groups is 1. The van der Waals surface area contributed by atoms with Crippen LogP contribution < -0.4 is 5.73 Å². The molecule has 0 saturated heterocycles. The Bertz CT molecular complexity index is 557. The molecule has 3 rings (SSSR count). The van der Waals surface area contributed by atoms with Gasteiger partial charge in [0.05, 0.1) is 17.5 Å². The Morgan fingerprint density at radius 1 is 1.47 bits per heavy atom. The van der Waals surface area contributed by atoms with Crippen LogP contribution in [0.25, 0.3) is 0 Å². The third-order valence-corrected chi connectivity index (χ3v) is 4.55. The second-order valence-corrected chi connectivity index (χ2v) is 6.09. The summed E-state index contributed by atoms with van der Waals surface area (Å²) in [6.07, 6.45) is 6.17. The van der Waals surface area contributed by atoms with Gasteiger partial charge in [-0.2, -0.15) is 5.10 Å². The fourth-order valence-corrected chi connectivity index (χ4v) is 3.07. The van der Waals surface area contributed by atoms with E-state index in [0.717, 1.165) is 23.6 Å². The van der Waals surface area contributed by atoms with Crippen molar-refractivity contribution in [2.75, 3.05) is 0 Å². The monoisotopic (exact) mass is 279 g/mol. The van der Waals surface area contributed by atoms with E-state index in [9.17, 15) is 0 Å². The molecule has 0 radical (unpaired) electrons. The molecule has 1 saturated carbocycles. The predicted molar refractivity (Wildman–Crippen MR) is 71.5 cm³/mol. The van der Waals surface area contributed by atoms with Gasteiger partial charge in [-0.3, -0.25) is 4.68 Å². The number of tetrazole rings is 1. The largest absolute Gasteiger partial charge is 0.327 e. The molecular weight excluding hydrogens is 262 g/mol. The number of nitrogens with two attached hydrogens (primary N) is 1. The van der Waals surface area contributed by atoms with E-state index in [0.29, 0.717) is 6.04 Å². The molecule has 7 nitrogen and oxygen atoms in total. The predicted octanol–water partition coefficient (Wildman–Crippen LogP) is 0.922. The number of hydrogen-bond donors (Lipinski definition) is 1. The Hall–Kier alpha value is -1.41. The van der Waals surface area contributed by atoms with Crippen molar-refractivity contribution in [1.29, 1.82) is 0 Å². The van der Waals surface area contributed by atoms with Crippen LogP contribution in [0.5, 0.6) is 0 Å². The van der Waals surface area contributed by atoms with Gasteiger partial charge in [0, 0.05) is 24.8 Å². The summed E-state index contributed by atoms with van der Waals surface area (Å²) in [6, 6.07) is 0.471. The van der Waals surface area contributed by atoms with Gasteiger partial charge in [-0.25, -0.2) is 4.68 Å². The van der Waals surface area contributed by atoms with E-state index in [4.69, 9.17) is 5.73 Å². The molecule has 8 heteroatoms. The van der Waals surface area contributed by atoms with Gasteiger partial charge < -0.3 is 5.73 Å². The lowest BCUT2D eigenvalue weighted by Crippen LogP contribution is -2.22. The fourth-order valence-electron chi connectivity index (χ4n) is 1.99. The van der Waals surface area contributed by atoms with Crippen molar-refractivity contribution in [3.8, 4) is 0 Å². The molecule has 0 aromatic carbocycles. The first kappa shape index (κ1) is 12.6. The van der Waals surface area contributed by atoms with Gasteiger partial charge in [0.25, 0.3) is 0 Å². The van der Waals surface area contributed by atoms with Gasteiger partial charge in [0.1, 0.15) is 0 Å². The Balaban J connectivity index is 1.83. The first-order valence-electron chi connectivity index (χ1n) is 6.34. The molecule has 19 heavy (non-hydrogen) atoms. The molecule has 0 aliphatic heterocycles. The van der Waals surface area contributed by atoms with Crippen LogP contribution in [0.2, 0.25) is 0 Å². The fraction of sp³-hybridized carbons (Fsp3) is 0.636. The summed E-state index contributed by atoms with van der Waals surface area (Å²) >= 11 is 1.61. The van der Waals surface area contributed by atoms with E-state index < -0.39 is 0 Å². The second-order valence-electron chi connectivity index (χ2n) is 4.98. The third-order valence-electron chi connectivity index (χ3n) is 3.12. The molecule has 0 bridgehead atoms. The summed E-state index contributed by atoms with van der Waals surface area (Å²) in [6.45, 7) is 2.00. The summed E-state index contributed by atoms with van der Waals surface area (Å²) < 4.78 is 3.70. The van der Waals surface area contributed by atoms with E-state index in [-0.39, 0.29) is 11.3 Å². The molecule has 2 unspecified atom stereocenters. The minimum atomic E-state index is -0.00134. The van der Waals surface area contributed by atoms with Crippen LogP contribution in [-0.2, 0) is 7.05 Å². The van der Waals surface area contributed by atoms with Crippen LogP contribution in [0.3, 0.4) is 0 Å². The van der Waals surface area contributed by atoms with Crippen molar-refractivity contribution in [2.45, 2.75) is 42.3 Å². The van der Waals surface area contributed by atoms with Crippen molar-refractivity contribution in [1.82, 2.24) is 30.0 Å². The van der Waals surface area contributed by atoms with Crippen LogP contribution in [0, 0.1) is 0 Å². The lowest BCUT2D eigenvalue weighted by atomic mass is 10.1. The number of aromatic nitrogens is 6. The van der Waals surface area contributed by atoms with Gasteiger partial charge in [0.15, 0.2) is 0 Å². The van der Waals surface area contributed by atoms with Crippen molar-refractivity contribution in [3.05, 3.63) is 18.0 Å². The van der Waals surface area contributed by atoms with Crippen molar-refractivity contribution >= 4 is 11.8 Å². The van der Waals surface area contributed by atoms with Crippen LogP contribution in [0.4, 0.5) is 0 Å². The maximum Gasteiger partial charge on any atom is 0.210 e. The molecule has 2 heterocycles. The highest BCUT2D eigenvalue weighted by Crippen LogP contribution is 2.41. The molecule has 1 fully saturated rings. The normalized spacial score (nSPS) is 18.5. The number of aryl methyl sites for hydroxylation is 1. The smallest absolute Gasteiger partial charge is 0.210 e. The quantitative estimate of drug-likeness (QED) is 0.819. The molecular formula is C11H17N7S. The third kappa shape index (κ3) is 2.64. The minimum absolute atomic E-state index is 0.00134. The zero-order chi connectivity index (χ0) is 13.4. The summed E-state index contributed by atoms with van der Waals surface area (Å²) in [5, 5.41) is 17.1. The summed E-state index contributed by atoms with van der Waals surface area (Å²) in [5.41, 5.74) is 7.21. The van der Waals surface area contributed by atoms with Crippen molar-refractivity contribution < 1.29 is 0 Å². The number of nitrogens with zero attached hydrogens (tertiary/aromatic N) is 6. The maximum absolute atomic E-state index is 6.10. The molecule has 2 atom stereocenters. The lowest BCUT2D eigenvalue weighted by molar-refractivity contribution is 0.563. The molecule has 2 aromatic rings. The zero-order valence-corrected chi connectivity index (χ0v) is 11.8. The molecule has 2 N–H and O–H groups in total. The van der Waals surface area contributed by atoms with Crippen molar-refractivity contribution in [3.63, 3.8) is 0 Å². The molecule has 102 valence electrons. The van der Waals surface area contributed by atoms with Crippen molar-refractivity contribution in [2.24, 2.45) is 12.8 Å². The van der Waals surface area contributed by atoms with Crippen LogP contribution in [0.1, 0.15) is 36.6 Å². The Kier molecular flexibility index (Phi) is 3.28. The standard InChI is InChI=1S/C11H17N7S/c1-7(12)10(8-5-13-17(2)6-8)19-11-14-15-16-18(11)9-3-4-9/h5-7,9-10H,3-4,12H2,1-2H3. The highest BCUT2D eigenvalue weighted by molar-refractivity contribution is 7.99. The van der Waals surface area contributed by atoms with E-state index in [2.05, 4.69) is 20.6 Å². The summed E-state index contributed by atoms with van der Waals surface area (Å²) in [7, 11) is 1.90. The van der Waals surface area contributed by atoms with Gasteiger partial charge in [-0.05, 0) is 30.2 Å². The molecule has 0 amide bonds. The Labute approximate surface area is 115 Å². The first-order valence-corrected chi connectivity index (χ1v) is 7.22. The van der Waals surface area contributed by atoms with Crippen LogP contribution >= 0.6 is 11.8 Å². The Morgan fingerprint density at radius 2 is 2.26 bits per heavy atom. The number of hydrogen-bond acceptors (Lipinski definition) is 6.